The molecule has 0 bridgehead atoms. The first-order valence-corrected chi connectivity index (χ1v) is 6.09. The lowest BCUT2D eigenvalue weighted by Gasteiger charge is -2.06. The number of anilines is 1. The van der Waals surface area contributed by atoms with E-state index in [0.717, 1.165) is 11.3 Å². The van der Waals surface area contributed by atoms with Crippen molar-refractivity contribution in [1.82, 2.24) is 5.16 Å². The molecular formula is C14H16N2O3. The average Bonchev–Trinajstić information content (AvgIpc) is 2.73. The van der Waals surface area contributed by atoms with Gasteiger partial charge in [-0.15, -0.1) is 0 Å². The fraction of sp³-hybridized carbons (Fsp3) is 0.286. The minimum Gasteiger partial charge on any atom is -0.494 e. The summed E-state index contributed by atoms with van der Waals surface area (Å²) < 4.78 is 10.3. The van der Waals surface area contributed by atoms with Gasteiger partial charge in [-0.1, -0.05) is 5.16 Å². The minimum atomic E-state index is -0.279. The van der Waals surface area contributed by atoms with Crippen LogP contribution in [0.2, 0.25) is 0 Å². The average molecular weight is 260 g/mol. The molecule has 0 spiro atoms. The molecule has 1 amide bonds. The summed E-state index contributed by atoms with van der Waals surface area (Å²) in [4.78, 5) is 12.0. The van der Waals surface area contributed by atoms with E-state index in [0.29, 0.717) is 23.7 Å². The highest BCUT2D eigenvalue weighted by molar-refractivity contribution is 6.03. The van der Waals surface area contributed by atoms with Gasteiger partial charge in [-0.3, -0.25) is 4.79 Å². The molecule has 0 unspecified atom stereocenters. The lowest BCUT2D eigenvalue weighted by Crippen LogP contribution is -2.13. The summed E-state index contributed by atoms with van der Waals surface area (Å²) in [5.41, 5.74) is 1.75. The zero-order valence-corrected chi connectivity index (χ0v) is 11.2. The predicted octanol–water partition coefficient (Wildman–Crippen LogP) is 2.94. The number of nitrogens with one attached hydrogen (secondary N) is 1. The number of aromatic nitrogens is 1. The number of ether oxygens (including phenoxy) is 1. The van der Waals surface area contributed by atoms with E-state index in [1.807, 2.05) is 6.92 Å². The summed E-state index contributed by atoms with van der Waals surface area (Å²) in [6.07, 6.45) is 0. The second kappa shape index (κ2) is 5.56. The van der Waals surface area contributed by atoms with E-state index in [1.54, 1.807) is 38.1 Å². The van der Waals surface area contributed by atoms with Crippen molar-refractivity contribution in [3.63, 3.8) is 0 Å². The lowest BCUT2D eigenvalue weighted by atomic mass is 10.2. The van der Waals surface area contributed by atoms with Crippen molar-refractivity contribution in [1.29, 1.82) is 0 Å². The van der Waals surface area contributed by atoms with E-state index >= 15 is 0 Å². The van der Waals surface area contributed by atoms with Crippen LogP contribution in [0.15, 0.2) is 28.8 Å². The molecule has 0 saturated heterocycles. The minimum absolute atomic E-state index is 0.279. The van der Waals surface area contributed by atoms with Crippen LogP contribution in [0, 0.1) is 13.8 Å². The Kier molecular flexibility index (Phi) is 3.85. The van der Waals surface area contributed by atoms with Gasteiger partial charge in [0, 0.05) is 11.3 Å². The van der Waals surface area contributed by atoms with Crippen LogP contribution in [-0.2, 0) is 0 Å². The summed E-state index contributed by atoms with van der Waals surface area (Å²) in [6.45, 7) is 6.11. The van der Waals surface area contributed by atoms with Gasteiger partial charge in [0.1, 0.15) is 11.5 Å². The molecule has 0 atom stereocenters. The monoisotopic (exact) mass is 260 g/mol. The zero-order chi connectivity index (χ0) is 13.8. The Morgan fingerprint density at radius 1 is 1.32 bits per heavy atom. The van der Waals surface area contributed by atoms with Gasteiger partial charge in [0.15, 0.2) is 5.69 Å². The summed E-state index contributed by atoms with van der Waals surface area (Å²) in [7, 11) is 0. The molecule has 0 aliphatic carbocycles. The van der Waals surface area contributed by atoms with Crippen LogP contribution in [-0.4, -0.2) is 17.7 Å². The number of amides is 1. The van der Waals surface area contributed by atoms with Crippen molar-refractivity contribution >= 4 is 11.6 Å². The van der Waals surface area contributed by atoms with Gasteiger partial charge in [0.2, 0.25) is 0 Å². The molecule has 1 aromatic carbocycles. The lowest BCUT2D eigenvalue weighted by molar-refractivity contribution is 0.101. The van der Waals surface area contributed by atoms with Crippen molar-refractivity contribution in [3.8, 4) is 5.75 Å². The number of aryl methyl sites for hydroxylation is 1. The molecule has 1 aromatic heterocycles. The number of hydrogen-bond donors (Lipinski definition) is 1. The van der Waals surface area contributed by atoms with E-state index in [-0.39, 0.29) is 5.91 Å². The molecule has 0 radical (unpaired) electrons. The topological polar surface area (TPSA) is 64.4 Å². The number of benzene rings is 1. The molecule has 1 N–H and O–H groups in total. The Labute approximate surface area is 111 Å². The molecule has 100 valence electrons. The Morgan fingerprint density at radius 3 is 2.53 bits per heavy atom. The smallest absolute Gasteiger partial charge is 0.278 e. The van der Waals surface area contributed by atoms with Crippen molar-refractivity contribution in [2.24, 2.45) is 0 Å². The van der Waals surface area contributed by atoms with E-state index in [2.05, 4.69) is 10.5 Å². The zero-order valence-electron chi connectivity index (χ0n) is 11.2. The number of nitrogens with zero attached hydrogens (tertiary/aromatic N) is 1. The van der Waals surface area contributed by atoms with Crippen molar-refractivity contribution in [3.05, 3.63) is 41.3 Å². The fourth-order valence-corrected chi connectivity index (χ4v) is 1.62. The SMILES string of the molecule is CCOc1ccc(NC(=O)c2noc(C)c2C)cc1. The highest BCUT2D eigenvalue weighted by atomic mass is 16.5. The third-order valence-electron chi connectivity index (χ3n) is 2.80. The van der Waals surface area contributed by atoms with Gasteiger partial charge in [-0.05, 0) is 45.0 Å². The molecule has 5 heteroatoms. The highest BCUT2D eigenvalue weighted by Gasteiger charge is 2.16. The second-order valence-corrected chi connectivity index (χ2v) is 4.12. The summed E-state index contributed by atoms with van der Waals surface area (Å²) in [5, 5.41) is 6.51. The van der Waals surface area contributed by atoms with Crippen LogP contribution in [0.1, 0.15) is 28.7 Å². The molecule has 0 fully saturated rings. The van der Waals surface area contributed by atoms with Gasteiger partial charge in [0.25, 0.3) is 5.91 Å². The Bertz CT molecular complexity index is 573. The van der Waals surface area contributed by atoms with Gasteiger partial charge >= 0.3 is 0 Å². The Balaban J connectivity index is 2.08. The van der Waals surface area contributed by atoms with Gasteiger partial charge < -0.3 is 14.6 Å². The molecule has 19 heavy (non-hydrogen) atoms. The van der Waals surface area contributed by atoms with Crippen LogP contribution >= 0.6 is 0 Å². The molecule has 5 nitrogen and oxygen atoms in total. The third-order valence-corrected chi connectivity index (χ3v) is 2.80. The molecular weight excluding hydrogens is 244 g/mol. The van der Waals surface area contributed by atoms with E-state index in [1.165, 1.54) is 0 Å². The van der Waals surface area contributed by atoms with Crippen molar-refractivity contribution in [2.75, 3.05) is 11.9 Å². The molecule has 0 saturated carbocycles. The first-order chi connectivity index (χ1) is 9.11. The first kappa shape index (κ1) is 13.1. The van der Waals surface area contributed by atoms with Gasteiger partial charge in [-0.2, -0.15) is 0 Å². The maximum absolute atomic E-state index is 12.0. The van der Waals surface area contributed by atoms with Gasteiger partial charge in [0.05, 0.1) is 6.61 Å². The fourth-order valence-electron chi connectivity index (χ4n) is 1.62. The first-order valence-electron chi connectivity index (χ1n) is 6.09. The quantitative estimate of drug-likeness (QED) is 0.918. The van der Waals surface area contributed by atoms with Crippen molar-refractivity contribution < 1.29 is 14.1 Å². The Morgan fingerprint density at radius 2 is 2.00 bits per heavy atom. The Hall–Kier alpha value is -2.30. The van der Waals surface area contributed by atoms with E-state index in [9.17, 15) is 4.79 Å². The summed E-state index contributed by atoms with van der Waals surface area (Å²) in [6, 6.07) is 7.18. The largest absolute Gasteiger partial charge is 0.494 e. The van der Waals surface area contributed by atoms with Crippen molar-refractivity contribution in [2.45, 2.75) is 20.8 Å². The molecule has 1 heterocycles. The van der Waals surface area contributed by atoms with Crippen LogP contribution in [0.5, 0.6) is 5.75 Å². The maximum atomic E-state index is 12.0. The molecule has 2 rings (SSSR count). The predicted molar refractivity (Wildman–Crippen MR) is 71.5 cm³/mol. The highest BCUT2D eigenvalue weighted by Crippen LogP contribution is 2.17. The molecule has 2 aromatic rings. The number of rotatable bonds is 4. The molecule has 0 aliphatic heterocycles. The van der Waals surface area contributed by atoms with E-state index < -0.39 is 0 Å². The number of hydrogen-bond acceptors (Lipinski definition) is 4. The van der Waals surface area contributed by atoms with Crippen LogP contribution in [0.3, 0.4) is 0 Å². The summed E-state index contributed by atoms with van der Waals surface area (Å²) in [5.74, 6) is 1.14. The third kappa shape index (κ3) is 2.93. The standard InChI is InChI=1S/C14H16N2O3/c1-4-18-12-7-5-11(6-8-12)15-14(17)13-9(2)10(3)19-16-13/h5-8H,4H2,1-3H3,(H,15,17). The van der Waals surface area contributed by atoms with Crippen LogP contribution < -0.4 is 10.1 Å². The number of carbonyl (C=O) groups excluding carboxylic acids is 1. The van der Waals surface area contributed by atoms with Crippen LogP contribution in [0.4, 0.5) is 5.69 Å². The van der Waals surface area contributed by atoms with Crippen LogP contribution in [0.25, 0.3) is 0 Å². The second-order valence-electron chi connectivity index (χ2n) is 4.12. The van der Waals surface area contributed by atoms with Gasteiger partial charge in [-0.25, -0.2) is 0 Å². The maximum Gasteiger partial charge on any atom is 0.278 e. The normalized spacial score (nSPS) is 10.3. The number of carbonyl (C=O) groups is 1. The van der Waals surface area contributed by atoms with E-state index in [4.69, 9.17) is 9.26 Å². The molecule has 0 aliphatic rings. The summed E-state index contributed by atoms with van der Waals surface area (Å²) >= 11 is 0.